The summed E-state index contributed by atoms with van der Waals surface area (Å²) in [5.41, 5.74) is 1.39. The molecule has 1 aliphatic rings. The predicted molar refractivity (Wildman–Crippen MR) is 71.8 cm³/mol. The maximum Gasteiger partial charge on any atom is 0.261 e. The zero-order valence-electron chi connectivity index (χ0n) is 10.5. The van der Waals surface area contributed by atoms with Crippen LogP contribution >= 0.6 is 11.3 Å². The molecule has 0 unspecified atom stereocenters. The number of carbonyl (C=O) groups excluding carboxylic acids is 1. The molecular formula is C13H20N2OS. The Balaban J connectivity index is 1.79. The average molecular weight is 252 g/mol. The third-order valence-electron chi connectivity index (χ3n) is 2.93. The molecule has 0 radical (unpaired) electrons. The second-order valence-electron chi connectivity index (χ2n) is 4.78. The quantitative estimate of drug-likeness (QED) is 0.787. The molecule has 0 bridgehead atoms. The number of aryl methyl sites for hydroxylation is 2. The van der Waals surface area contributed by atoms with Crippen molar-refractivity contribution in [3.8, 4) is 0 Å². The van der Waals surface area contributed by atoms with E-state index in [9.17, 15) is 4.79 Å². The Morgan fingerprint density at radius 3 is 2.94 bits per heavy atom. The number of carbonyl (C=O) groups is 1. The number of fused-ring (bicyclic) bond motifs is 1. The van der Waals surface area contributed by atoms with E-state index in [4.69, 9.17) is 0 Å². The molecule has 2 rings (SSSR count). The van der Waals surface area contributed by atoms with E-state index in [1.807, 2.05) is 0 Å². The van der Waals surface area contributed by atoms with Gasteiger partial charge in [0.1, 0.15) is 0 Å². The first-order chi connectivity index (χ1) is 8.16. The van der Waals surface area contributed by atoms with Crippen molar-refractivity contribution in [2.24, 2.45) is 0 Å². The Morgan fingerprint density at radius 2 is 2.24 bits per heavy atom. The minimum atomic E-state index is 0.0787. The molecule has 4 heteroatoms. The molecule has 0 fully saturated rings. The van der Waals surface area contributed by atoms with Gasteiger partial charge in [-0.25, -0.2) is 0 Å². The molecule has 1 amide bonds. The summed E-state index contributed by atoms with van der Waals surface area (Å²) in [5, 5.41) is 6.23. The molecule has 0 aromatic carbocycles. The standard InChI is InChI=1S/C13H20N2OS/c1-9(2)14-6-7-15-13(16)12-8-10-4-3-5-11(10)17-12/h8-9,14H,3-7H2,1-2H3,(H,15,16). The number of thiophene rings is 1. The van der Waals surface area contributed by atoms with E-state index in [1.165, 1.54) is 16.9 Å². The molecule has 0 saturated carbocycles. The first-order valence-electron chi connectivity index (χ1n) is 6.30. The van der Waals surface area contributed by atoms with Gasteiger partial charge in [-0.15, -0.1) is 11.3 Å². The van der Waals surface area contributed by atoms with E-state index >= 15 is 0 Å². The van der Waals surface area contributed by atoms with E-state index in [2.05, 4.69) is 30.5 Å². The lowest BCUT2D eigenvalue weighted by Crippen LogP contribution is -2.34. The summed E-state index contributed by atoms with van der Waals surface area (Å²) in [7, 11) is 0. The number of rotatable bonds is 5. The summed E-state index contributed by atoms with van der Waals surface area (Å²) >= 11 is 1.66. The van der Waals surface area contributed by atoms with E-state index in [0.29, 0.717) is 12.6 Å². The topological polar surface area (TPSA) is 41.1 Å². The second-order valence-corrected chi connectivity index (χ2v) is 5.91. The van der Waals surface area contributed by atoms with E-state index in [1.54, 1.807) is 11.3 Å². The van der Waals surface area contributed by atoms with Gasteiger partial charge in [-0.05, 0) is 30.9 Å². The average Bonchev–Trinajstić information content (AvgIpc) is 2.83. The summed E-state index contributed by atoms with van der Waals surface area (Å²) in [4.78, 5) is 14.2. The number of hydrogen-bond acceptors (Lipinski definition) is 3. The Bertz CT molecular complexity index is 377. The van der Waals surface area contributed by atoms with E-state index in [-0.39, 0.29) is 5.91 Å². The maximum absolute atomic E-state index is 11.9. The molecule has 0 saturated heterocycles. The zero-order valence-corrected chi connectivity index (χ0v) is 11.3. The summed E-state index contributed by atoms with van der Waals surface area (Å²) < 4.78 is 0. The Morgan fingerprint density at radius 1 is 1.41 bits per heavy atom. The van der Waals surface area contributed by atoms with E-state index in [0.717, 1.165) is 24.3 Å². The fourth-order valence-electron chi connectivity index (χ4n) is 2.06. The Kier molecular flexibility index (Phi) is 4.18. The van der Waals surface area contributed by atoms with Crippen molar-refractivity contribution in [3.63, 3.8) is 0 Å². The van der Waals surface area contributed by atoms with Crippen LogP contribution in [0, 0.1) is 0 Å². The monoisotopic (exact) mass is 252 g/mol. The molecule has 1 aromatic rings. The van der Waals surface area contributed by atoms with Crippen molar-refractivity contribution in [1.82, 2.24) is 10.6 Å². The van der Waals surface area contributed by atoms with Gasteiger partial charge in [0.15, 0.2) is 0 Å². The molecule has 0 atom stereocenters. The highest BCUT2D eigenvalue weighted by atomic mass is 32.1. The van der Waals surface area contributed by atoms with Gasteiger partial charge in [0.2, 0.25) is 0 Å². The van der Waals surface area contributed by atoms with Crippen LogP contribution in [-0.2, 0) is 12.8 Å². The number of amides is 1. The highest BCUT2D eigenvalue weighted by Gasteiger charge is 2.17. The van der Waals surface area contributed by atoms with Gasteiger partial charge in [0.05, 0.1) is 4.88 Å². The molecule has 0 aliphatic heterocycles. The van der Waals surface area contributed by atoms with Crippen molar-refractivity contribution in [1.29, 1.82) is 0 Å². The van der Waals surface area contributed by atoms with Crippen LogP contribution in [0.3, 0.4) is 0 Å². The molecule has 1 aliphatic carbocycles. The van der Waals surface area contributed by atoms with Crippen LogP contribution in [0.1, 0.15) is 40.4 Å². The van der Waals surface area contributed by atoms with Gasteiger partial charge >= 0.3 is 0 Å². The van der Waals surface area contributed by atoms with Crippen LogP contribution in [0.25, 0.3) is 0 Å². The van der Waals surface area contributed by atoms with Crippen molar-refractivity contribution in [2.75, 3.05) is 13.1 Å². The first kappa shape index (κ1) is 12.6. The van der Waals surface area contributed by atoms with Crippen molar-refractivity contribution >= 4 is 17.2 Å². The molecule has 0 spiro atoms. The van der Waals surface area contributed by atoms with Gasteiger partial charge in [0, 0.05) is 24.0 Å². The zero-order chi connectivity index (χ0) is 12.3. The second kappa shape index (κ2) is 5.65. The molecule has 2 N–H and O–H groups in total. The Labute approximate surface area is 107 Å². The maximum atomic E-state index is 11.9. The van der Waals surface area contributed by atoms with Crippen molar-refractivity contribution in [3.05, 3.63) is 21.4 Å². The molecule has 94 valence electrons. The third-order valence-corrected chi connectivity index (χ3v) is 4.17. The van der Waals surface area contributed by atoms with Crippen LogP contribution in [0.15, 0.2) is 6.07 Å². The highest BCUT2D eigenvalue weighted by Crippen LogP contribution is 2.30. The van der Waals surface area contributed by atoms with Crippen LogP contribution in [-0.4, -0.2) is 25.0 Å². The Hall–Kier alpha value is -0.870. The summed E-state index contributed by atoms with van der Waals surface area (Å²) in [5.74, 6) is 0.0787. The largest absolute Gasteiger partial charge is 0.350 e. The van der Waals surface area contributed by atoms with Crippen LogP contribution in [0.2, 0.25) is 0 Å². The SMILES string of the molecule is CC(C)NCCNC(=O)c1cc2c(s1)CCC2. The smallest absolute Gasteiger partial charge is 0.261 e. The van der Waals surface area contributed by atoms with Crippen molar-refractivity contribution < 1.29 is 4.79 Å². The molecular weight excluding hydrogens is 232 g/mol. The summed E-state index contributed by atoms with van der Waals surface area (Å²) in [6.45, 7) is 5.73. The van der Waals surface area contributed by atoms with Crippen LogP contribution < -0.4 is 10.6 Å². The molecule has 1 heterocycles. The molecule has 1 aromatic heterocycles. The van der Waals surface area contributed by atoms with Gasteiger partial charge in [-0.1, -0.05) is 13.8 Å². The van der Waals surface area contributed by atoms with Crippen molar-refractivity contribution in [2.45, 2.75) is 39.2 Å². The number of hydrogen-bond donors (Lipinski definition) is 2. The van der Waals surface area contributed by atoms with Gasteiger partial charge < -0.3 is 10.6 Å². The normalized spacial score (nSPS) is 14.1. The lowest BCUT2D eigenvalue weighted by Gasteiger charge is -2.08. The minimum absolute atomic E-state index is 0.0787. The van der Waals surface area contributed by atoms with Crippen LogP contribution in [0.5, 0.6) is 0 Å². The lowest BCUT2D eigenvalue weighted by molar-refractivity contribution is 0.0957. The van der Waals surface area contributed by atoms with Gasteiger partial charge in [-0.3, -0.25) is 4.79 Å². The highest BCUT2D eigenvalue weighted by molar-refractivity contribution is 7.14. The van der Waals surface area contributed by atoms with Crippen LogP contribution in [0.4, 0.5) is 0 Å². The molecule has 17 heavy (non-hydrogen) atoms. The fraction of sp³-hybridized carbons (Fsp3) is 0.615. The van der Waals surface area contributed by atoms with Gasteiger partial charge in [0.25, 0.3) is 5.91 Å². The predicted octanol–water partition coefficient (Wildman–Crippen LogP) is 1.96. The summed E-state index contributed by atoms with van der Waals surface area (Å²) in [6, 6.07) is 2.54. The summed E-state index contributed by atoms with van der Waals surface area (Å²) in [6.07, 6.45) is 3.55. The third kappa shape index (κ3) is 3.30. The number of nitrogens with one attached hydrogen (secondary N) is 2. The van der Waals surface area contributed by atoms with E-state index < -0.39 is 0 Å². The minimum Gasteiger partial charge on any atom is -0.350 e. The van der Waals surface area contributed by atoms with Gasteiger partial charge in [-0.2, -0.15) is 0 Å². The lowest BCUT2D eigenvalue weighted by atomic mass is 10.2. The first-order valence-corrected chi connectivity index (χ1v) is 7.11. The fourth-order valence-corrected chi connectivity index (χ4v) is 3.23. The molecule has 3 nitrogen and oxygen atoms in total.